The molecule has 10 heteroatoms. The van der Waals surface area contributed by atoms with Crippen LogP contribution in [0.3, 0.4) is 0 Å². The SMILES string of the molecule is CCOC(=O)COc1cc2c(ccn2COCC[Si](C)(C)C)cc1C1=CCC(OCC2C(OCc3ccccc3)CC[C@H]2C(=O)O)CC1. The van der Waals surface area contributed by atoms with Crippen molar-refractivity contribution in [1.29, 1.82) is 0 Å². The maximum Gasteiger partial charge on any atom is 0.344 e. The van der Waals surface area contributed by atoms with Crippen LogP contribution >= 0.6 is 0 Å². The zero-order chi connectivity index (χ0) is 34.1. The maximum absolute atomic E-state index is 12.2. The topological polar surface area (TPSA) is 105 Å². The van der Waals surface area contributed by atoms with Crippen molar-refractivity contribution >= 4 is 36.5 Å². The summed E-state index contributed by atoms with van der Waals surface area (Å²) in [7, 11) is -1.18. The van der Waals surface area contributed by atoms with Crippen molar-refractivity contribution in [2.45, 2.75) is 90.3 Å². The van der Waals surface area contributed by atoms with Gasteiger partial charge in [0, 0.05) is 43.8 Å². The van der Waals surface area contributed by atoms with E-state index in [1.165, 1.54) is 0 Å². The van der Waals surface area contributed by atoms with E-state index in [1.807, 2.05) is 42.6 Å². The summed E-state index contributed by atoms with van der Waals surface area (Å²) in [5.41, 5.74) is 4.16. The van der Waals surface area contributed by atoms with Crippen molar-refractivity contribution in [2.75, 3.05) is 26.4 Å². The Morgan fingerprint density at radius 1 is 1.02 bits per heavy atom. The molecular formula is C38H51NO8Si. The van der Waals surface area contributed by atoms with Crippen LogP contribution in [0.1, 0.15) is 50.2 Å². The minimum Gasteiger partial charge on any atom is -0.481 e. The highest BCUT2D eigenvalue weighted by Crippen LogP contribution is 2.39. The molecule has 0 radical (unpaired) electrons. The van der Waals surface area contributed by atoms with Gasteiger partial charge in [0.2, 0.25) is 0 Å². The summed E-state index contributed by atoms with van der Waals surface area (Å²) < 4.78 is 31.9. The Labute approximate surface area is 285 Å². The summed E-state index contributed by atoms with van der Waals surface area (Å²) in [6, 6.07) is 17.3. The van der Waals surface area contributed by atoms with Crippen LogP contribution in [0.5, 0.6) is 5.75 Å². The van der Waals surface area contributed by atoms with Crippen molar-refractivity contribution in [3.63, 3.8) is 0 Å². The fourth-order valence-electron chi connectivity index (χ4n) is 6.58. The summed E-state index contributed by atoms with van der Waals surface area (Å²) in [6.07, 6.45) is 7.65. The second-order valence-electron chi connectivity index (χ2n) is 14.1. The normalized spacial score (nSPS) is 21.3. The molecule has 260 valence electrons. The Kier molecular flexibility index (Phi) is 12.5. The molecule has 0 aliphatic heterocycles. The summed E-state index contributed by atoms with van der Waals surface area (Å²) >= 11 is 0. The Hall–Kier alpha value is -3.44. The fourth-order valence-corrected chi connectivity index (χ4v) is 7.34. The van der Waals surface area contributed by atoms with Crippen LogP contribution in [0.4, 0.5) is 0 Å². The summed E-state index contributed by atoms with van der Waals surface area (Å²) in [5, 5.41) is 11.0. The number of carboxylic acids is 1. The lowest BCUT2D eigenvalue weighted by atomic mass is 9.90. The lowest BCUT2D eigenvalue weighted by Crippen LogP contribution is -2.32. The van der Waals surface area contributed by atoms with Crippen molar-refractivity contribution < 1.29 is 38.4 Å². The molecule has 5 rings (SSSR count). The van der Waals surface area contributed by atoms with E-state index < -0.39 is 25.9 Å². The molecule has 1 fully saturated rings. The first kappa shape index (κ1) is 35.9. The van der Waals surface area contributed by atoms with Crippen LogP contribution in [0.25, 0.3) is 16.5 Å². The lowest BCUT2D eigenvalue weighted by Gasteiger charge is -2.28. The Morgan fingerprint density at radius 2 is 1.83 bits per heavy atom. The number of carbonyl (C=O) groups is 2. The summed E-state index contributed by atoms with van der Waals surface area (Å²) in [6.45, 7) is 10.9. The van der Waals surface area contributed by atoms with Crippen molar-refractivity contribution in [1.82, 2.24) is 4.57 Å². The van der Waals surface area contributed by atoms with Crippen molar-refractivity contribution in [2.24, 2.45) is 11.8 Å². The highest BCUT2D eigenvalue weighted by molar-refractivity contribution is 6.76. The van der Waals surface area contributed by atoms with Gasteiger partial charge in [-0.05, 0) is 68.3 Å². The fraction of sp³-hybridized carbons (Fsp3) is 0.526. The van der Waals surface area contributed by atoms with Crippen molar-refractivity contribution in [3.8, 4) is 5.75 Å². The van der Waals surface area contributed by atoms with Gasteiger partial charge in [-0.2, -0.15) is 0 Å². The minimum absolute atomic E-state index is 0.0133. The number of rotatable bonds is 17. The first-order valence-electron chi connectivity index (χ1n) is 17.3. The van der Waals surface area contributed by atoms with Gasteiger partial charge in [-0.3, -0.25) is 4.79 Å². The van der Waals surface area contributed by atoms with Gasteiger partial charge in [0.1, 0.15) is 12.5 Å². The van der Waals surface area contributed by atoms with Gasteiger partial charge < -0.3 is 33.4 Å². The van der Waals surface area contributed by atoms with Crippen LogP contribution in [0, 0.1) is 11.8 Å². The smallest absolute Gasteiger partial charge is 0.344 e. The van der Waals surface area contributed by atoms with Gasteiger partial charge in [0.05, 0.1) is 43.5 Å². The van der Waals surface area contributed by atoms with E-state index >= 15 is 0 Å². The second-order valence-corrected chi connectivity index (χ2v) is 19.7. The van der Waals surface area contributed by atoms with Gasteiger partial charge in [-0.15, -0.1) is 0 Å². The lowest BCUT2D eigenvalue weighted by molar-refractivity contribution is -0.146. The molecular weight excluding hydrogens is 627 g/mol. The van der Waals surface area contributed by atoms with Gasteiger partial charge in [0.15, 0.2) is 6.61 Å². The van der Waals surface area contributed by atoms with Crippen LogP contribution in [0.15, 0.2) is 60.8 Å². The zero-order valence-corrected chi connectivity index (χ0v) is 29.8. The molecule has 1 saturated carbocycles. The second kappa shape index (κ2) is 16.8. The largest absolute Gasteiger partial charge is 0.481 e. The van der Waals surface area contributed by atoms with Crippen molar-refractivity contribution in [3.05, 3.63) is 71.9 Å². The minimum atomic E-state index is -1.18. The van der Waals surface area contributed by atoms with Gasteiger partial charge >= 0.3 is 11.9 Å². The molecule has 0 amide bonds. The quantitative estimate of drug-likeness (QED) is 0.0888. The molecule has 0 bridgehead atoms. The maximum atomic E-state index is 12.2. The number of fused-ring (bicyclic) bond motifs is 1. The summed E-state index contributed by atoms with van der Waals surface area (Å²) in [4.78, 5) is 24.3. The van der Waals surface area contributed by atoms with Crippen LogP contribution in [-0.2, 0) is 41.9 Å². The molecule has 2 aliphatic carbocycles. The van der Waals surface area contributed by atoms with E-state index in [0.717, 1.165) is 59.5 Å². The molecule has 48 heavy (non-hydrogen) atoms. The molecule has 4 atom stereocenters. The molecule has 2 aromatic carbocycles. The summed E-state index contributed by atoms with van der Waals surface area (Å²) in [5.74, 6) is -1.21. The molecule has 1 N–H and O–H groups in total. The predicted molar refractivity (Wildman–Crippen MR) is 189 cm³/mol. The van der Waals surface area contributed by atoms with Crippen LogP contribution in [-0.4, -0.2) is 68.3 Å². The third-order valence-electron chi connectivity index (χ3n) is 9.36. The number of carbonyl (C=O) groups excluding carboxylic acids is 1. The molecule has 0 saturated heterocycles. The van der Waals surface area contributed by atoms with E-state index in [-0.39, 0.29) is 24.7 Å². The molecule has 1 heterocycles. The van der Waals surface area contributed by atoms with E-state index in [9.17, 15) is 14.7 Å². The average Bonchev–Trinajstić information content (AvgIpc) is 3.67. The van der Waals surface area contributed by atoms with E-state index in [1.54, 1.807) is 6.92 Å². The number of hydrogen-bond acceptors (Lipinski definition) is 7. The van der Waals surface area contributed by atoms with Gasteiger partial charge in [-0.25, -0.2) is 4.79 Å². The number of nitrogens with zero attached hydrogens (tertiary/aromatic N) is 1. The van der Waals surface area contributed by atoms with E-state index in [4.69, 9.17) is 23.7 Å². The number of allylic oxidation sites excluding steroid dienone is 1. The van der Waals surface area contributed by atoms with Crippen LogP contribution in [0.2, 0.25) is 25.7 Å². The average molecular weight is 678 g/mol. The van der Waals surface area contributed by atoms with E-state index in [2.05, 4.69) is 42.4 Å². The predicted octanol–water partition coefficient (Wildman–Crippen LogP) is 7.54. The number of hydrogen-bond donors (Lipinski definition) is 1. The Morgan fingerprint density at radius 3 is 2.54 bits per heavy atom. The van der Waals surface area contributed by atoms with Gasteiger partial charge in [-0.1, -0.05) is 56.0 Å². The Bertz CT molecular complexity index is 1550. The van der Waals surface area contributed by atoms with Gasteiger partial charge in [0.25, 0.3) is 0 Å². The molecule has 1 aromatic heterocycles. The van der Waals surface area contributed by atoms with Crippen LogP contribution < -0.4 is 4.74 Å². The Balaban J connectivity index is 1.25. The third-order valence-corrected chi connectivity index (χ3v) is 11.1. The number of aromatic nitrogens is 1. The third kappa shape index (κ3) is 9.81. The molecule has 0 spiro atoms. The standard InChI is InChI=1S/C38H51NO8Si/c1-5-44-37(40)25-47-36-22-34-29(17-18-39(34)26-43-19-20-48(2,3)4)21-32(36)28-11-13-30(14-12-28)45-24-33-31(38(41)42)15-16-35(33)46-23-27-9-7-6-8-10-27/h6-11,17-18,21-22,30-31,33,35H,5,12-16,19-20,23-26H2,1-4H3,(H,41,42)/t30?,31-,33?,35?/m1/s1. The molecule has 3 unspecified atom stereocenters. The number of carboxylic acid groups (broad SMARTS) is 1. The highest BCUT2D eigenvalue weighted by Gasteiger charge is 2.41. The number of esters is 1. The number of benzene rings is 2. The first-order chi connectivity index (χ1) is 23.1. The zero-order valence-electron chi connectivity index (χ0n) is 28.8. The monoisotopic (exact) mass is 677 g/mol. The highest BCUT2D eigenvalue weighted by atomic mass is 28.3. The molecule has 3 aromatic rings. The number of aliphatic carboxylic acids is 1. The molecule has 9 nitrogen and oxygen atoms in total. The van der Waals surface area contributed by atoms with E-state index in [0.29, 0.717) is 45.1 Å². The molecule has 2 aliphatic rings. The first-order valence-corrected chi connectivity index (χ1v) is 21.0. The number of ether oxygens (including phenoxy) is 5.